The molecule has 0 bridgehead atoms. The van der Waals surface area contributed by atoms with Crippen molar-refractivity contribution in [1.82, 2.24) is 4.90 Å². The van der Waals surface area contributed by atoms with Crippen LogP contribution in [0.25, 0.3) is 0 Å². The number of esters is 1. The molecule has 5 nitrogen and oxygen atoms in total. The zero-order valence-corrected chi connectivity index (χ0v) is 22.3. The molecule has 2 aromatic rings. The first kappa shape index (κ1) is 27.4. The van der Waals surface area contributed by atoms with Gasteiger partial charge in [0, 0.05) is 12.1 Å². The van der Waals surface area contributed by atoms with Gasteiger partial charge in [0.15, 0.2) is 5.75 Å². The highest BCUT2D eigenvalue weighted by Crippen LogP contribution is 2.38. The quantitative estimate of drug-likeness (QED) is 0.298. The fourth-order valence-corrected chi connectivity index (χ4v) is 4.27. The first-order valence-corrected chi connectivity index (χ1v) is 12.3. The minimum Gasteiger partial charge on any atom is -0.423 e. The monoisotopic (exact) mass is 467 g/mol. The molecule has 0 N–H and O–H groups in total. The van der Waals surface area contributed by atoms with Gasteiger partial charge in [-0.3, -0.25) is 0 Å². The second-order valence-electron chi connectivity index (χ2n) is 10.4. The summed E-state index contributed by atoms with van der Waals surface area (Å²) in [7, 11) is 0. The molecule has 0 saturated heterocycles. The zero-order chi connectivity index (χ0) is 25.6. The number of nitrogens with zero attached hydrogens (tertiary/aromatic N) is 1. The van der Waals surface area contributed by atoms with E-state index in [0.29, 0.717) is 5.75 Å². The number of benzene rings is 2. The molecule has 0 aliphatic carbocycles. The van der Waals surface area contributed by atoms with Crippen molar-refractivity contribution < 1.29 is 19.1 Å². The lowest BCUT2D eigenvalue weighted by molar-refractivity contribution is 0.0729. The summed E-state index contributed by atoms with van der Waals surface area (Å²) >= 11 is 0. The number of hydrogen-bond acceptors (Lipinski definition) is 4. The van der Waals surface area contributed by atoms with Crippen molar-refractivity contribution >= 4 is 12.1 Å². The van der Waals surface area contributed by atoms with Crippen LogP contribution in [0.2, 0.25) is 0 Å². The van der Waals surface area contributed by atoms with E-state index in [9.17, 15) is 9.59 Å². The van der Waals surface area contributed by atoms with Crippen LogP contribution in [0, 0.1) is 6.92 Å². The molecule has 34 heavy (non-hydrogen) atoms. The molecule has 2 rings (SSSR count). The number of carbonyl (C=O) groups excluding carboxylic acids is 2. The number of para-hydroxylation sites is 1. The van der Waals surface area contributed by atoms with Gasteiger partial charge >= 0.3 is 12.1 Å². The van der Waals surface area contributed by atoms with Crippen molar-refractivity contribution in [3.8, 4) is 11.5 Å². The zero-order valence-electron chi connectivity index (χ0n) is 22.3. The maximum atomic E-state index is 13.4. The van der Waals surface area contributed by atoms with Gasteiger partial charge in [0.25, 0.3) is 0 Å². The SMILES string of the molecule is CCCCc1c(C(C)(C)C)cc(C(=O)Oc2ccccc2)c(OC(=O)N(C(C)C)C(C)C)c1C. The fraction of sp³-hybridized carbons (Fsp3) is 0.517. The predicted molar refractivity (Wildman–Crippen MR) is 138 cm³/mol. The minimum atomic E-state index is -0.537. The second kappa shape index (κ2) is 11.5. The Morgan fingerprint density at radius 2 is 1.56 bits per heavy atom. The lowest BCUT2D eigenvalue weighted by Crippen LogP contribution is -2.44. The minimum absolute atomic E-state index is 0.0408. The van der Waals surface area contributed by atoms with E-state index in [1.807, 2.05) is 58.9 Å². The Hall–Kier alpha value is -2.82. The summed E-state index contributed by atoms with van der Waals surface area (Å²) < 4.78 is 11.7. The number of rotatable bonds is 8. The molecule has 0 saturated carbocycles. The molecule has 0 unspecified atom stereocenters. The Bertz CT molecular complexity index is 979. The van der Waals surface area contributed by atoms with Crippen molar-refractivity contribution in [2.24, 2.45) is 0 Å². The number of ether oxygens (including phenoxy) is 2. The van der Waals surface area contributed by atoms with Gasteiger partial charge in [0.2, 0.25) is 0 Å². The largest absolute Gasteiger partial charge is 0.423 e. The molecule has 1 amide bonds. The maximum Gasteiger partial charge on any atom is 0.415 e. The van der Waals surface area contributed by atoms with Crippen LogP contribution in [-0.4, -0.2) is 29.0 Å². The molecule has 0 radical (unpaired) electrons. The average Bonchev–Trinajstić information content (AvgIpc) is 2.73. The van der Waals surface area contributed by atoms with Crippen molar-refractivity contribution in [2.45, 2.75) is 99.1 Å². The molecule has 0 atom stereocenters. The van der Waals surface area contributed by atoms with Crippen molar-refractivity contribution in [1.29, 1.82) is 0 Å². The number of carbonyl (C=O) groups is 2. The summed E-state index contributed by atoms with van der Waals surface area (Å²) in [6.45, 7) is 18.3. The van der Waals surface area contributed by atoms with Crippen LogP contribution >= 0.6 is 0 Å². The van der Waals surface area contributed by atoms with E-state index in [4.69, 9.17) is 9.47 Å². The Kier molecular flexibility index (Phi) is 9.31. The smallest absolute Gasteiger partial charge is 0.415 e. The molecule has 0 aliphatic rings. The van der Waals surface area contributed by atoms with Crippen LogP contribution in [-0.2, 0) is 11.8 Å². The highest BCUT2D eigenvalue weighted by atomic mass is 16.6. The number of amides is 1. The lowest BCUT2D eigenvalue weighted by Gasteiger charge is -2.31. The molecule has 0 heterocycles. The van der Waals surface area contributed by atoms with Crippen LogP contribution in [0.15, 0.2) is 36.4 Å². The molecule has 0 spiro atoms. The van der Waals surface area contributed by atoms with Gasteiger partial charge in [0.1, 0.15) is 11.3 Å². The summed E-state index contributed by atoms with van der Waals surface area (Å²) in [6, 6.07) is 10.7. The van der Waals surface area contributed by atoms with Crippen LogP contribution in [0.5, 0.6) is 11.5 Å². The van der Waals surface area contributed by atoms with Crippen LogP contribution in [0.3, 0.4) is 0 Å². The Morgan fingerprint density at radius 1 is 0.971 bits per heavy atom. The van der Waals surface area contributed by atoms with Crippen molar-refractivity contribution in [2.75, 3.05) is 0 Å². The standard InChI is InChI=1S/C29H41NO4/c1-10-11-17-23-21(6)26(34-28(32)30(19(2)3)20(4)5)24(18-25(23)29(7,8)9)27(31)33-22-15-13-12-14-16-22/h12-16,18-20H,10-11,17H2,1-9H3. The number of unbranched alkanes of at least 4 members (excludes halogenated alkanes) is 1. The maximum absolute atomic E-state index is 13.4. The normalized spacial score (nSPS) is 11.6. The van der Waals surface area contributed by atoms with Crippen LogP contribution in [0.1, 0.15) is 95.3 Å². The summed E-state index contributed by atoms with van der Waals surface area (Å²) in [5.41, 5.74) is 3.10. The van der Waals surface area contributed by atoms with Gasteiger partial charge in [0.05, 0.1) is 0 Å². The van der Waals surface area contributed by atoms with E-state index >= 15 is 0 Å². The molecule has 5 heteroatoms. The Labute approximate surface area is 205 Å². The van der Waals surface area contributed by atoms with Crippen LogP contribution in [0.4, 0.5) is 4.79 Å². The van der Waals surface area contributed by atoms with E-state index < -0.39 is 12.1 Å². The molecule has 0 aliphatic heterocycles. The highest BCUT2D eigenvalue weighted by molar-refractivity contribution is 5.96. The lowest BCUT2D eigenvalue weighted by atomic mass is 9.79. The highest BCUT2D eigenvalue weighted by Gasteiger charge is 2.30. The third-order valence-corrected chi connectivity index (χ3v) is 5.93. The third-order valence-electron chi connectivity index (χ3n) is 5.93. The first-order valence-electron chi connectivity index (χ1n) is 12.3. The second-order valence-corrected chi connectivity index (χ2v) is 10.4. The first-order chi connectivity index (χ1) is 15.9. The molecular formula is C29H41NO4. The van der Waals surface area contributed by atoms with E-state index in [1.54, 1.807) is 17.0 Å². The van der Waals surface area contributed by atoms with Gasteiger partial charge in [-0.15, -0.1) is 0 Å². The Morgan fingerprint density at radius 3 is 2.06 bits per heavy atom. The average molecular weight is 468 g/mol. The topological polar surface area (TPSA) is 55.8 Å². The summed E-state index contributed by atoms with van der Waals surface area (Å²) in [6.07, 6.45) is 2.44. The molecule has 2 aromatic carbocycles. The van der Waals surface area contributed by atoms with E-state index in [-0.39, 0.29) is 28.8 Å². The summed E-state index contributed by atoms with van der Waals surface area (Å²) in [5.74, 6) is 0.197. The van der Waals surface area contributed by atoms with Gasteiger partial charge in [-0.25, -0.2) is 9.59 Å². The van der Waals surface area contributed by atoms with Gasteiger partial charge in [-0.05, 0) is 87.8 Å². The van der Waals surface area contributed by atoms with Gasteiger partial charge in [-0.1, -0.05) is 52.3 Å². The van der Waals surface area contributed by atoms with Gasteiger partial charge in [-0.2, -0.15) is 0 Å². The Balaban J connectivity index is 2.67. The number of hydrogen-bond donors (Lipinski definition) is 0. The predicted octanol–water partition coefficient (Wildman–Crippen LogP) is 7.47. The van der Waals surface area contributed by atoms with E-state index in [2.05, 4.69) is 27.7 Å². The molecule has 0 fully saturated rings. The third kappa shape index (κ3) is 6.62. The molecular weight excluding hydrogens is 426 g/mol. The van der Waals surface area contributed by atoms with Crippen molar-refractivity contribution in [3.63, 3.8) is 0 Å². The fourth-order valence-electron chi connectivity index (χ4n) is 4.27. The van der Waals surface area contributed by atoms with Crippen LogP contribution < -0.4 is 9.47 Å². The summed E-state index contributed by atoms with van der Waals surface area (Å²) in [4.78, 5) is 28.3. The summed E-state index contributed by atoms with van der Waals surface area (Å²) in [5, 5.41) is 0. The van der Waals surface area contributed by atoms with E-state index in [1.165, 1.54) is 0 Å². The molecule has 186 valence electrons. The van der Waals surface area contributed by atoms with Gasteiger partial charge < -0.3 is 14.4 Å². The van der Waals surface area contributed by atoms with Crippen molar-refractivity contribution in [3.05, 3.63) is 58.7 Å². The van der Waals surface area contributed by atoms with E-state index in [0.717, 1.165) is 36.0 Å². The molecule has 0 aromatic heterocycles.